The average molecular weight is 322 g/mol. The predicted octanol–water partition coefficient (Wildman–Crippen LogP) is 5.97. The minimum atomic E-state index is 0.802. The van der Waals surface area contributed by atoms with Crippen molar-refractivity contribution in [3.05, 3.63) is 48.5 Å². The molecule has 0 aliphatic heterocycles. The molecule has 0 atom stereocenters. The number of imidazole rings is 1. The van der Waals surface area contributed by atoms with Crippen molar-refractivity contribution in [1.82, 2.24) is 9.97 Å². The Morgan fingerprint density at radius 2 is 1.62 bits per heavy atom. The van der Waals surface area contributed by atoms with Gasteiger partial charge in [-0.3, -0.25) is 0 Å². The van der Waals surface area contributed by atoms with Crippen LogP contribution in [0.1, 0.15) is 45.4 Å². The van der Waals surface area contributed by atoms with Crippen LogP contribution in [0.3, 0.4) is 0 Å². The third-order valence-electron chi connectivity index (χ3n) is 4.28. The van der Waals surface area contributed by atoms with E-state index >= 15 is 0 Å². The second-order valence-corrected chi connectivity index (χ2v) is 6.24. The molecule has 3 nitrogen and oxygen atoms in total. The number of aromatic amines is 1. The zero-order chi connectivity index (χ0) is 16.6. The van der Waals surface area contributed by atoms with Gasteiger partial charge in [-0.1, -0.05) is 51.2 Å². The Bertz CT molecular complexity index is 713. The predicted molar refractivity (Wildman–Crippen MR) is 100 cm³/mol. The van der Waals surface area contributed by atoms with Crippen LogP contribution >= 0.6 is 0 Å². The van der Waals surface area contributed by atoms with Crippen LogP contribution in [0.5, 0.6) is 5.75 Å². The van der Waals surface area contributed by atoms with Crippen molar-refractivity contribution in [2.24, 2.45) is 0 Å². The van der Waals surface area contributed by atoms with Crippen LogP contribution in [0.4, 0.5) is 0 Å². The number of hydrogen-bond donors (Lipinski definition) is 1. The van der Waals surface area contributed by atoms with Gasteiger partial charge in [-0.15, -0.1) is 0 Å². The molecule has 126 valence electrons. The summed E-state index contributed by atoms with van der Waals surface area (Å²) in [6.45, 7) is 3.05. The number of nitrogens with zero attached hydrogens (tertiary/aromatic N) is 1. The lowest BCUT2D eigenvalue weighted by molar-refractivity contribution is 0.304. The van der Waals surface area contributed by atoms with Gasteiger partial charge < -0.3 is 9.72 Å². The van der Waals surface area contributed by atoms with Crippen LogP contribution < -0.4 is 4.74 Å². The van der Waals surface area contributed by atoms with Gasteiger partial charge in [0, 0.05) is 5.56 Å². The number of rotatable bonds is 9. The minimum absolute atomic E-state index is 0.802. The molecular weight excluding hydrogens is 296 g/mol. The first-order valence-corrected chi connectivity index (χ1v) is 9.05. The van der Waals surface area contributed by atoms with E-state index in [1.165, 1.54) is 32.1 Å². The Labute approximate surface area is 144 Å². The van der Waals surface area contributed by atoms with Crippen molar-refractivity contribution < 1.29 is 4.74 Å². The molecule has 0 saturated heterocycles. The lowest BCUT2D eigenvalue weighted by Gasteiger charge is -2.06. The molecule has 1 N–H and O–H groups in total. The second-order valence-electron chi connectivity index (χ2n) is 6.24. The smallest absolute Gasteiger partial charge is 0.138 e. The first-order valence-electron chi connectivity index (χ1n) is 9.05. The maximum absolute atomic E-state index is 5.83. The molecule has 2 aromatic carbocycles. The van der Waals surface area contributed by atoms with E-state index in [1.54, 1.807) is 0 Å². The van der Waals surface area contributed by atoms with Gasteiger partial charge in [-0.05, 0) is 42.8 Å². The number of H-pyrrole nitrogens is 1. The standard InChI is InChI=1S/C21H26N2O/c1-2-3-4-5-6-9-16-24-18-14-12-17(13-15-18)21-22-19-10-7-8-11-20(19)23-21/h7-8,10-15H,2-6,9,16H2,1H3,(H,22,23). The Kier molecular flexibility index (Phi) is 5.89. The summed E-state index contributed by atoms with van der Waals surface area (Å²) < 4.78 is 5.83. The highest BCUT2D eigenvalue weighted by molar-refractivity contribution is 5.79. The molecule has 3 heteroatoms. The first-order chi connectivity index (χ1) is 11.9. The maximum Gasteiger partial charge on any atom is 0.138 e. The molecule has 0 aliphatic rings. The van der Waals surface area contributed by atoms with E-state index in [0.717, 1.165) is 41.2 Å². The molecule has 3 rings (SSSR count). The number of nitrogens with one attached hydrogen (secondary N) is 1. The summed E-state index contributed by atoms with van der Waals surface area (Å²) in [6, 6.07) is 16.3. The summed E-state index contributed by atoms with van der Waals surface area (Å²) >= 11 is 0. The quantitative estimate of drug-likeness (QED) is 0.493. The van der Waals surface area contributed by atoms with Crippen molar-refractivity contribution in [3.63, 3.8) is 0 Å². The van der Waals surface area contributed by atoms with Gasteiger partial charge in [0.25, 0.3) is 0 Å². The SMILES string of the molecule is CCCCCCCCOc1ccc(-c2nc3ccccc3[nH]2)cc1. The normalized spacial score (nSPS) is 11.0. The van der Waals surface area contributed by atoms with Crippen molar-refractivity contribution >= 4 is 11.0 Å². The number of para-hydroxylation sites is 2. The van der Waals surface area contributed by atoms with E-state index in [1.807, 2.05) is 36.4 Å². The molecule has 3 aromatic rings. The van der Waals surface area contributed by atoms with Crippen molar-refractivity contribution in [2.45, 2.75) is 45.4 Å². The molecule has 1 heterocycles. The van der Waals surface area contributed by atoms with Crippen LogP contribution in [0.2, 0.25) is 0 Å². The van der Waals surface area contributed by atoms with E-state index in [0.29, 0.717) is 0 Å². The Morgan fingerprint density at radius 3 is 2.42 bits per heavy atom. The third-order valence-corrected chi connectivity index (χ3v) is 4.28. The van der Waals surface area contributed by atoms with Gasteiger partial charge in [0.05, 0.1) is 17.6 Å². The highest BCUT2D eigenvalue weighted by Crippen LogP contribution is 2.23. The number of benzene rings is 2. The fraction of sp³-hybridized carbons (Fsp3) is 0.381. The van der Waals surface area contributed by atoms with Gasteiger partial charge in [-0.2, -0.15) is 0 Å². The van der Waals surface area contributed by atoms with Crippen LogP contribution in [0, 0.1) is 0 Å². The largest absolute Gasteiger partial charge is 0.494 e. The molecule has 24 heavy (non-hydrogen) atoms. The van der Waals surface area contributed by atoms with Crippen LogP contribution in [-0.4, -0.2) is 16.6 Å². The molecule has 0 bridgehead atoms. The van der Waals surface area contributed by atoms with E-state index < -0.39 is 0 Å². The minimum Gasteiger partial charge on any atom is -0.494 e. The number of aromatic nitrogens is 2. The maximum atomic E-state index is 5.83. The molecule has 0 amide bonds. The lowest BCUT2D eigenvalue weighted by Crippen LogP contribution is -1.97. The molecule has 0 fully saturated rings. The van der Waals surface area contributed by atoms with Gasteiger partial charge >= 0.3 is 0 Å². The number of unbranched alkanes of at least 4 members (excludes halogenated alkanes) is 5. The van der Waals surface area contributed by atoms with E-state index in [2.05, 4.69) is 29.0 Å². The molecular formula is C21H26N2O. The van der Waals surface area contributed by atoms with Crippen LogP contribution in [0.25, 0.3) is 22.4 Å². The molecule has 1 aromatic heterocycles. The topological polar surface area (TPSA) is 37.9 Å². The molecule has 0 unspecified atom stereocenters. The molecule has 0 saturated carbocycles. The summed E-state index contributed by atoms with van der Waals surface area (Å²) in [7, 11) is 0. The average Bonchev–Trinajstić information content (AvgIpc) is 3.05. The zero-order valence-electron chi connectivity index (χ0n) is 14.4. The summed E-state index contributed by atoms with van der Waals surface area (Å²) in [5.41, 5.74) is 3.14. The van der Waals surface area contributed by atoms with Crippen LogP contribution in [0.15, 0.2) is 48.5 Å². The van der Waals surface area contributed by atoms with Crippen LogP contribution in [-0.2, 0) is 0 Å². The second kappa shape index (κ2) is 8.53. The van der Waals surface area contributed by atoms with Crippen molar-refractivity contribution in [1.29, 1.82) is 0 Å². The van der Waals surface area contributed by atoms with Crippen molar-refractivity contribution in [2.75, 3.05) is 6.61 Å². The van der Waals surface area contributed by atoms with E-state index in [4.69, 9.17) is 4.74 Å². The molecule has 0 radical (unpaired) electrons. The van der Waals surface area contributed by atoms with Gasteiger partial charge in [0.2, 0.25) is 0 Å². The lowest BCUT2D eigenvalue weighted by atomic mass is 10.1. The zero-order valence-corrected chi connectivity index (χ0v) is 14.4. The fourth-order valence-electron chi connectivity index (χ4n) is 2.87. The van der Waals surface area contributed by atoms with Gasteiger partial charge in [0.15, 0.2) is 0 Å². The molecule has 0 spiro atoms. The Hall–Kier alpha value is -2.29. The van der Waals surface area contributed by atoms with E-state index in [9.17, 15) is 0 Å². The number of ether oxygens (including phenoxy) is 1. The summed E-state index contributed by atoms with van der Waals surface area (Å²) in [5, 5.41) is 0. The molecule has 0 aliphatic carbocycles. The van der Waals surface area contributed by atoms with Gasteiger partial charge in [-0.25, -0.2) is 4.98 Å². The Morgan fingerprint density at radius 1 is 0.875 bits per heavy atom. The number of hydrogen-bond acceptors (Lipinski definition) is 2. The fourth-order valence-corrected chi connectivity index (χ4v) is 2.87. The first kappa shape index (κ1) is 16.6. The Balaban J connectivity index is 1.50. The third kappa shape index (κ3) is 4.38. The summed E-state index contributed by atoms with van der Waals surface area (Å²) in [4.78, 5) is 7.98. The number of fused-ring (bicyclic) bond motifs is 1. The van der Waals surface area contributed by atoms with E-state index in [-0.39, 0.29) is 0 Å². The highest BCUT2D eigenvalue weighted by Gasteiger charge is 2.05. The summed E-state index contributed by atoms with van der Waals surface area (Å²) in [6.07, 6.45) is 7.72. The summed E-state index contributed by atoms with van der Waals surface area (Å²) in [5.74, 6) is 1.84. The van der Waals surface area contributed by atoms with Gasteiger partial charge in [0.1, 0.15) is 11.6 Å². The van der Waals surface area contributed by atoms with Crippen molar-refractivity contribution in [3.8, 4) is 17.1 Å². The monoisotopic (exact) mass is 322 g/mol. The highest BCUT2D eigenvalue weighted by atomic mass is 16.5.